The summed E-state index contributed by atoms with van der Waals surface area (Å²) < 4.78 is 18.0. The van der Waals surface area contributed by atoms with Gasteiger partial charge in [0.15, 0.2) is 0 Å². The Balaban J connectivity index is 1.47. The van der Waals surface area contributed by atoms with Crippen LogP contribution in [0.2, 0.25) is 0 Å². The van der Waals surface area contributed by atoms with Crippen molar-refractivity contribution in [2.45, 2.75) is 42.2 Å². The van der Waals surface area contributed by atoms with Gasteiger partial charge >= 0.3 is 0 Å². The molecule has 0 aromatic heterocycles. The lowest BCUT2D eigenvalue weighted by atomic mass is 10.1. The van der Waals surface area contributed by atoms with E-state index in [2.05, 4.69) is 31.2 Å². The molecule has 1 saturated carbocycles. The number of rotatable bonds is 8. The van der Waals surface area contributed by atoms with Gasteiger partial charge in [-0.05, 0) is 43.9 Å². The molecule has 0 amide bonds. The quantitative estimate of drug-likeness (QED) is 0.473. The van der Waals surface area contributed by atoms with E-state index in [-0.39, 0.29) is 5.41 Å². The summed E-state index contributed by atoms with van der Waals surface area (Å²) in [5, 5.41) is 0. The van der Waals surface area contributed by atoms with Gasteiger partial charge in [0.2, 0.25) is 0 Å². The first-order valence-electron chi connectivity index (χ1n) is 8.74. The summed E-state index contributed by atoms with van der Waals surface area (Å²) >= 11 is 6.70. The molecule has 1 aliphatic rings. The molecule has 0 heterocycles. The first-order valence-corrected chi connectivity index (χ1v) is 10.3. The van der Waals surface area contributed by atoms with Gasteiger partial charge in [0.1, 0.15) is 4.21 Å². The Morgan fingerprint density at radius 3 is 2.48 bits per heavy atom. The standard InChI is InChI=1S/C21H25ClO2S/c1-17-10-12-19(13-11-17)25(23)21(22)15-20(21,2)16-24-14-6-9-18-7-4-3-5-8-18/h3-5,7-8,10-13H,6,9,14-16H2,1-2H3/t20-,21-,25?/m0/s1. The molecule has 0 aliphatic heterocycles. The largest absolute Gasteiger partial charge is 0.381 e. The highest BCUT2D eigenvalue weighted by Gasteiger charge is 2.68. The number of aryl methyl sites for hydroxylation is 2. The second kappa shape index (κ2) is 7.61. The topological polar surface area (TPSA) is 26.3 Å². The Morgan fingerprint density at radius 2 is 1.80 bits per heavy atom. The van der Waals surface area contributed by atoms with Gasteiger partial charge in [-0.1, -0.05) is 55.0 Å². The average Bonchev–Trinajstić information content (AvgIpc) is 3.18. The van der Waals surface area contributed by atoms with Gasteiger partial charge in [0.05, 0.1) is 17.4 Å². The molecule has 3 rings (SSSR count). The monoisotopic (exact) mass is 376 g/mol. The fourth-order valence-corrected chi connectivity index (χ4v) is 5.40. The van der Waals surface area contributed by atoms with E-state index in [0.29, 0.717) is 13.2 Å². The first kappa shape index (κ1) is 18.6. The molecule has 2 aromatic carbocycles. The summed E-state index contributed by atoms with van der Waals surface area (Å²) in [7, 11) is -1.22. The highest BCUT2D eigenvalue weighted by atomic mass is 35.5. The molecule has 0 saturated heterocycles. The van der Waals surface area contributed by atoms with Crippen LogP contribution >= 0.6 is 11.6 Å². The van der Waals surface area contributed by atoms with Crippen molar-refractivity contribution in [3.63, 3.8) is 0 Å². The van der Waals surface area contributed by atoms with Crippen LogP contribution in [0.15, 0.2) is 59.5 Å². The van der Waals surface area contributed by atoms with E-state index in [1.54, 1.807) is 0 Å². The maximum Gasteiger partial charge on any atom is 0.132 e. The van der Waals surface area contributed by atoms with Crippen LogP contribution in [-0.4, -0.2) is 21.6 Å². The highest BCUT2D eigenvalue weighted by molar-refractivity contribution is 7.88. The van der Waals surface area contributed by atoms with E-state index in [1.807, 2.05) is 37.3 Å². The fraction of sp³-hybridized carbons (Fsp3) is 0.429. The molecule has 3 atom stereocenters. The van der Waals surface area contributed by atoms with E-state index in [0.717, 1.165) is 29.7 Å². The number of hydrogen-bond acceptors (Lipinski definition) is 2. The summed E-state index contributed by atoms with van der Waals surface area (Å²) in [5.41, 5.74) is 2.26. The van der Waals surface area contributed by atoms with Crippen molar-refractivity contribution in [3.05, 3.63) is 65.7 Å². The van der Waals surface area contributed by atoms with Crippen LogP contribution in [-0.2, 0) is 22.0 Å². The highest BCUT2D eigenvalue weighted by Crippen LogP contribution is 2.64. The second-order valence-electron chi connectivity index (χ2n) is 7.19. The third-order valence-corrected chi connectivity index (χ3v) is 7.88. The predicted molar refractivity (Wildman–Crippen MR) is 104 cm³/mol. The van der Waals surface area contributed by atoms with E-state index in [9.17, 15) is 4.21 Å². The van der Waals surface area contributed by atoms with Crippen LogP contribution in [0.4, 0.5) is 0 Å². The molecule has 25 heavy (non-hydrogen) atoms. The molecule has 134 valence electrons. The number of ether oxygens (including phenoxy) is 1. The van der Waals surface area contributed by atoms with Crippen molar-refractivity contribution >= 4 is 22.4 Å². The van der Waals surface area contributed by atoms with Gasteiger partial charge in [0.25, 0.3) is 0 Å². The maximum absolute atomic E-state index is 12.9. The molecule has 1 unspecified atom stereocenters. The predicted octanol–water partition coefficient (Wildman–Crippen LogP) is 5.10. The third-order valence-electron chi connectivity index (χ3n) is 4.94. The molecule has 0 spiro atoms. The summed E-state index contributed by atoms with van der Waals surface area (Å²) in [4.78, 5) is 0.799. The zero-order chi connectivity index (χ0) is 17.9. The van der Waals surface area contributed by atoms with E-state index in [1.165, 1.54) is 5.56 Å². The van der Waals surface area contributed by atoms with Gasteiger partial charge in [-0.3, -0.25) is 4.21 Å². The summed E-state index contributed by atoms with van der Waals surface area (Å²) in [6.07, 6.45) is 2.72. The smallest absolute Gasteiger partial charge is 0.132 e. The number of halogens is 1. The fourth-order valence-electron chi connectivity index (χ4n) is 3.07. The Morgan fingerprint density at radius 1 is 1.12 bits per heavy atom. The van der Waals surface area contributed by atoms with Crippen molar-refractivity contribution < 1.29 is 8.95 Å². The summed E-state index contributed by atoms with van der Waals surface area (Å²) in [6, 6.07) is 18.2. The maximum atomic E-state index is 12.9. The molecular weight excluding hydrogens is 352 g/mol. The van der Waals surface area contributed by atoms with Crippen molar-refractivity contribution in [1.82, 2.24) is 0 Å². The zero-order valence-corrected chi connectivity index (χ0v) is 16.4. The van der Waals surface area contributed by atoms with Gasteiger partial charge in [-0.25, -0.2) is 0 Å². The van der Waals surface area contributed by atoms with Crippen LogP contribution in [0.5, 0.6) is 0 Å². The lowest BCUT2D eigenvalue weighted by molar-refractivity contribution is 0.0940. The van der Waals surface area contributed by atoms with Gasteiger partial charge in [-0.15, -0.1) is 11.6 Å². The van der Waals surface area contributed by atoms with Crippen LogP contribution in [0.1, 0.15) is 30.9 Å². The van der Waals surface area contributed by atoms with E-state index >= 15 is 0 Å². The Bertz CT molecular complexity index is 731. The van der Waals surface area contributed by atoms with Crippen molar-refractivity contribution in [3.8, 4) is 0 Å². The Labute approximate surface area is 158 Å². The Hall–Kier alpha value is -1.16. The number of alkyl halides is 1. The molecule has 1 aliphatic carbocycles. The van der Waals surface area contributed by atoms with E-state index < -0.39 is 15.0 Å². The molecule has 0 N–H and O–H groups in total. The number of hydrogen-bond donors (Lipinski definition) is 0. The van der Waals surface area contributed by atoms with Crippen LogP contribution < -0.4 is 0 Å². The molecule has 2 nitrogen and oxygen atoms in total. The van der Waals surface area contributed by atoms with E-state index in [4.69, 9.17) is 16.3 Å². The number of benzene rings is 2. The van der Waals surface area contributed by atoms with Gasteiger partial charge < -0.3 is 4.74 Å². The van der Waals surface area contributed by atoms with Crippen LogP contribution in [0.25, 0.3) is 0 Å². The minimum Gasteiger partial charge on any atom is -0.381 e. The van der Waals surface area contributed by atoms with Gasteiger partial charge in [-0.2, -0.15) is 0 Å². The average molecular weight is 377 g/mol. The molecule has 4 heteroatoms. The lowest BCUT2D eigenvalue weighted by Crippen LogP contribution is -2.22. The molecule has 1 fully saturated rings. The molecular formula is C21H25ClO2S. The minimum atomic E-state index is -1.22. The minimum absolute atomic E-state index is 0.225. The van der Waals surface area contributed by atoms with Crippen molar-refractivity contribution in [2.24, 2.45) is 5.41 Å². The van der Waals surface area contributed by atoms with Crippen molar-refractivity contribution in [1.29, 1.82) is 0 Å². The summed E-state index contributed by atoms with van der Waals surface area (Å²) in [5.74, 6) is 0. The normalized spacial score (nSPS) is 26.4. The SMILES string of the molecule is Cc1ccc(S(=O)[C@@]2(Cl)C[C@@]2(C)COCCCc2ccccc2)cc1. The molecule has 0 radical (unpaired) electrons. The van der Waals surface area contributed by atoms with Crippen LogP contribution in [0.3, 0.4) is 0 Å². The second-order valence-corrected chi connectivity index (χ2v) is 9.76. The van der Waals surface area contributed by atoms with Crippen molar-refractivity contribution in [2.75, 3.05) is 13.2 Å². The molecule has 0 bridgehead atoms. The Kier molecular flexibility index (Phi) is 5.67. The van der Waals surface area contributed by atoms with Gasteiger partial charge in [0, 0.05) is 16.9 Å². The first-order chi connectivity index (χ1) is 11.9. The molecule has 2 aromatic rings. The third kappa shape index (κ3) is 4.16. The lowest BCUT2D eigenvalue weighted by Gasteiger charge is -2.17. The van der Waals surface area contributed by atoms with Crippen LogP contribution in [0, 0.1) is 12.3 Å². The summed E-state index contributed by atoms with van der Waals surface area (Å²) in [6.45, 7) is 5.36. The zero-order valence-electron chi connectivity index (χ0n) is 14.8.